The molecule has 1 aromatic carbocycles. The maximum absolute atomic E-state index is 11.8. The van der Waals surface area contributed by atoms with E-state index in [1.165, 1.54) is 0 Å². The van der Waals surface area contributed by atoms with E-state index in [1.807, 2.05) is 26.0 Å². The highest BCUT2D eigenvalue weighted by Crippen LogP contribution is 2.12. The fraction of sp³-hybridized carbons (Fsp3) is 0.533. The van der Waals surface area contributed by atoms with E-state index in [1.54, 1.807) is 12.1 Å². The van der Waals surface area contributed by atoms with E-state index in [4.69, 9.17) is 5.73 Å². The topological polar surface area (TPSA) is 75.4 Å². The minimum absolute atomic E-state index is 0.0446. The van der Waals surface area contributed by atoms with Gasteiger partial charge in [0.2, 0.25) is 5.91 Å². The molecule has 0 aliphatic heterocycles. The molecular weight excluding hydrogens is 240 g/mol. The predicted octanol–water partition coefficient (Wildman–Crippen LogP) is 1.81. The molecule has 0 radical (unpaired) electrons. The minimum atomic E-state index is -0.0869. The van der Waals surface area contributed by atoms with Gasteiger partial charge in [0.25, 0.3) is 0 Å². The Kier molecular flexibility index (Phi) is 6.36. The summed E-state index contributed by atoms with van der Waals surface area (Å²) >= 11 is 0. The summed E-state index contributed by atoms with van der Waals surface area (Å²) in [5.41, 5.74) is 6.71. The molecule has 1 rings (SSSR count). The molecule has 1 amide bonds. The summed E-state index contributed by atoms with van der Waals surface area (Å²) in [4.78, 5) is 11.8. The Morgan fingerprint density at radius 2 is 2.00 bits per heavy atom. The Balaban J connectivity index is 2.37. The lowest BCUT2D eigenvalue weighted by molar-refractivity contribution is -0.125. The Morgan fingerprint density at radius 1 is 1.37 bits per heavy atom. The van der Waals surface area contributed by atoms with Gasteiger partial charge in [-0.15, -0.1) is 0 Å². The molecule has 106 valence electrons. The third kappa shape index (κ3) is 5.30. The van der Waals surface area contributed by atoms with Gasteiger partial charge in [0.05, 0.1) is 0 Å². The largest absolute Gasteiger partial charge is 0.508 e. The van der Waals surface area contributed by atoms with Crippen molar-refractivity contribution in [1.82, 2.24) is 5.32 Å². The first-order valence-electron chi connectivity index (χ1n) is 6.85. The van der Waals surface area contributed by atoms with E-state index in [0.717, 1.165) is 24.8 Å². The Bertz CT molecular complexity index is 386. The molecule has 0 heterocycles. The van der Waals surface area contributed by atoms with E-state index in [0.29, 0.717) is 6.54 Å². The summed E-state index contributed by atoms with van der Waals surface area (Å²) in [6, 6.07) is 7.29. The van der Waals surface area contributed by atoms with Crippen LogP contribution in [0.15, 0.2) is 24.3 Å². The molecule has 0 saturated carbocycles. The van der Waals surface area contributed by atoms with Crippen molar-refractivity contribution < 1.29 is 9.90 Å². The van der Waals surface area contributed by atoms with E-state index < -0.39 is 0 Å². The van der Waals surface area contributed by atoms with Gasteiger partial charge in [0.1, 0.15) is 5.75 Å². The van der Waals surface area contributed by atoms with Crippen LogP contribution in [0.25, 0.3) is 0 Å². The number of phenolic OH excluding ortho intramolecular Hbond substituents is 1. The second-order valence-corrected chi connectivity index (χ2v) is 4.96. The molecule has 0 aromatic heterocycles. The first-order valence-corrected chi connectivity index (χ1v) is 6.85. The fourth-order valence-corrected chi connectivity index (χ4v) is 1.94. The highest BCUT2D eigenvalue weighted by molar-refractivity contribution is 5.79. The number of carbonyl (C=O) groups is 1. The van der Waals surface area contributed by atoms with Gasteiger partial charge in [-0.1, -0.05) is 19.1 Å². The van der Waals surface area contributed by atoms with Gasteiger partial charge in [-0.05, 0) is 43.9 Å². The molecule has 2 unspecified atom stereocenters. The summed E-state index contributed by atoms with van der Waals surface area (Å²) in [7, 11) is 0. The third-order valence-corrected chi connectivity index (χ3v) is 3.34. The zero-order valence-electron chi connectivity index (χ0n) is 11.7. The zero-order chi connectivity index (χ0) is 14.3. The normalized spacial score (nSPS) is 13.8. The highest BCUT2D eigenvalue weighted by atomic mass is 16.3. The zero-order valence-corrected chi connectivity index (χ0v) is 11.7. The van der Waals surface area contributed by atoms with Crippen molar-refractivity contribution in [2.75, 3.05) is 6.54 Å². The molecular formula is C15H24N2O2. The van der Waals surface area contributed by atoms with Crippen LogP contribution >= 0.6 is 0 Å². The van der Waals surface area contributed by atoms with Gasteiger partial charge in [-0.3, -0.25) is 4.79 Å². The first kappa shape index (κ1) is 15.5. The van der Waals surface area contributed by atoms with Gasteiger partial charge in [0.15, 0.2) is 0 Å². The Labute approximate surface area is 115 Å². The van der Waals surface area contributed by atoms with Crippen molar-refractivity contribution in [3.8, 4) is 5.75 Å². The molecule has 1 aromatic rings. The van der Waals surface area contributed by atoms with Crippen molar-refractivity contribution in [1.29, 1.82) is 0 Å². The molecule has 0 bridgehead atoms. The molecule has 0 spiro atoms. The van der Waals surface area contributed by atoms with E-state index in [-0.39, 0.29) is 23.6 Å². The van der Waals surface area contributed by atoms with Crippen molar-refractivity contribution in [2.24, 2.45) is 11.7 Å². The number of aromatic hydroxyl groups is 1. The average molecular weight is 264 g/mol. The number of phenols is 1. The molecule has 4 heteroatoms. The number of aryl methyl sites for hydroxylation is 1. The minimum Gasteiger partial charge on any atom is -0.508 e. The van der Waals surface area contributed by atoms with Crippen molar-refractivity contribution in [3.63, 3.8) is 0 Å². The summed E-state index contributed by atoms with van der Waals surface area (Å²) < 4.78 is 0. The van der Waals surface area contributed by atoms with Crippen LogP contribution in [0.5, 0.6) is 5.75 Å². The van der Waals surface area contributed by atoms with Crippen LogP contribution in [0, 0.1) is 5.92 Å². The number of benzene rings is 1. The van der Waals surface area contributed by atoms with Gasteiger partial charge >= 0.3 is 0 Å². The Hall–Kier alpha value is -1.55. The molecule has 2 atom stereocenters. The first-order chi connectivity index (χ1) is 9.06. The van der Waals surface area contributed by atoms with Crippen LogP contribution in [0.1, 0.15) is 32.3 Å². The summed E-state index contributed by atoms with van der Waals surface area (Å²) in [6.07, 6.45) is 2.52. The van der Waals surface area contributed by atoms with E-state index in [2.05, 4.69) is 5.32 Å². The number of amides is 1. The summed E-state index contributed by atoms with van der Waals surface area (Å²) in [6.45, 7) is 4.37. The second-order valence-electron chi connectivity index (χ2n) is 4.96. The molecule has 0 saturated heterocycles. The lowest BCUT2D eigenvalue weighted by Crippen LogP contribution is -2.39. The lowest BCUT2D eigenvalue weighted by atomic mass is 10.0. The van der Waals surface area contributed by atoms with Crippen LogP contribution in [0.3, 0.4) is 0 Å². The van der Waals surface area contributed by atoms with Crippen LogP contribution < -0.4 is 11.1 Å². The SMILES string of the molecule is CCC(CN)C(=O)NC(C)CCc1ccc(O)cc1. The number of hydrogen-bond donors (Lipinski definition) is 3. The smallest absolute Gasteiger partial charge is 0.224 e. The second kappa shape index (κ2) is 7.79. The van der Waals surface area contributed by atoms with Gasteiger partial charge in [0, 0.05) is 18.5 Å². The van der Waals surface area contributed by atoms with Crippen LogP contribution in [-0.4, -0.2) is 23.6 Å². The van der Waals surface area contributed by atoms with Crippen LogP contribution in [0.2, 0.25) is 0 Å². The number of nitrogens with one attached hydrogen (secondary N) is 1. The third-order valence-electron chi connectivity index (χ3n) is 3.34. The standard InChI is InChI=1S/C15H24N2O2/c1-3-13(10-16)15(19)17-11(2)4-5-12-6-8-14(18)9-7-12/h6-9,11,13,18H,3-5,10,16H2,1-2H3,(H,17,19). The van der Waals surface area contributed by atoms with Gasteiger partial charge < -0.3 is 16.2 Å². The molecule has 4 nitrogen and oxygen atoms in total. The van der Waals surface area contributed by atoms with E-state index in [9.17, 15) is 9.90 Å². The van der Waals surface area contributed by atoms with Gasteiger partial charge in [-0.25, -0.2) is 0 Å². The lowest BCUT2D eigenvalue weighted by Gasteiger charge is -2.18. The summed E-state index contributed by atoms with van der Waals surface area (Å²) in [5, 5.41) is 12.2. The molecule has 0 aliphatic carbocycles. The highest BCUT2D eigenvalue weighted by Gasteiger charge is 2.16. The number of hydrogen-bond acceptors (Lipinski definition) is 3. The molecule has 19 heavy (non-hydrogen) atoms. The van der Waals surface area contributed by atoms with Gasteiger partial charge in [-0.2, -0.15) is 0 Å². The summed E-state index contributed by atoms with van der Waals surface area (Å²) in [5.74, 6) is 0.234. The van der Waals surface area contributed by atoms with Crippen molar-refractivity contribution >= 4 is 5.91 Å². The molecule has 0 fully saturated rings. The molecule has 0 aliphatic rings. The Morgan fingerprint density at radius 3 is 2.53 bits per heavy atom. The van der Waals surface area contributed by atoms with Crippen LogP contribution in [-0.2, 0) is 11.2 Å². The quantitative estimate of drug-likeness (QED) is 0.703. The maximum Gasteiger partial charge on any atom is 0.224 e. The fourth-order valence-electron chi connectivity index (χ4n) is 1.94. The monoisotopic (exact) mass is 264 g/mol. The number of rotatable bonds is 7. The average Bonchev–Trinajstić information content (AvgIpc) is 2.39. The predicted molar refractivity (Wildman–Crippen MR) is 76.9 cm³/mol. The van der Waals surface area contributed by atoms with Crippen molar-refractivity contribution in [2.45, 2.75) is 39.2 Å². The number of carbonyl (C=O) groups excluding carboxylic acids is 1. The van der Waals surface area contributed by atoms with Crippen molar-refractivity contribution in [3.05, 3.63) is 29.8 Å². The van der Waals surface area contributed by atoms with E-state index >= 15 is 0 Å². The number of nitrogens with two attached hydrogens (primary N) is 1. The maximum atomic E-state index is 11.8. The van der Waals surface area contributed by atoms with Crippen LogP contribution in [0.4, 0.5) is 0 Å². The molecule has 4 N–H and O–H groups in total.